The summed E-state index contributed by atoms with van der Waals surface area (Å²) in [7, 11) is 0. The fourth-order valence-corrected chi connectivity index (χ4v) is 2.62. The predicted octanol–water partition coefficient (Wildman–Crippen LogP) is 2.22. The zero-order valence-electron chi connectivity index (χ0n) is 14.6. The van der Waals surface area contributed by atoms with Gasteiger partial charge in [0.05, 0.1) is 13.2 Å². The first-order chi connectivity index (χ1) is 10.7. The van der Waals surface area contributed by atoms with Gasteiger partial charge in [-0.25, -0.2) is 0 Å². The molecule has 130 valence electrons. The largest absolute Gasteiger partial charge is 0.379 e. The summed E-state index contributed by atoms with van der Waals surface area (Å²) in [6.45, 7) is 11.3. The van der Waals surface area contributed by atoms with Crippen molar-refractivity contribution in [2.24, 2.45) is 16.6 Å². The highest BCUT2D eigenvalue weighted by Crippen LogP contribution is 2.08. The summed E-state index contributed by atoms with van der Waals surface area (Å²) in [5, 5.41) is 3.21. The van der Waals surface area contributed by atoms with Crippen molar-refractivity contribution in [3.8, 4) is 0 Å². The summed E-state index contributed by atoms with van der Waals surface area (Å²) in [5.41, 5.74) is 5.88. The van der Waals surface area contributed by atoms with Gasteiger partial charge in [0.2, 0.25) is 0 Å². The summed E-state index contributed by atoms with van der Waals surface area (Å²) < 4.78 is 5.34. The van der Waals surface area contributed by atoms with Crippen molar-refractivity contribution in [3.05, 3.63) is 0 Å². The number of nitrogens with one attached hydrogen (secondary N) is 1. The maximum atomic E-state index is 5.88. The summed E-state index contributed by atoms with van der Waals surface area (Å²) >= 11 is 0. The molecule has 0 saturated carbocycles. The number of nitrogens with zero attached hydrogens (tertiary/aromatic N) is 2. The van der Waals surface area contributed by atoms with E-state index in [1.165, 1.54) is 32.1 Å². The number of nitrogens with two attached hydrogens (primary N) is 1. The van der Waals surface area contributed by atoms with Crippen LogP contribution in [0.4, 0.5) is 0 Å². The molecule has 22 heavy (non-hydrogen) atoms. The Morgan fingerprint density at radius 2 is 1.86 bits per heavy atom. The third-order valence-corrected chi connectivity index (χ3v) is 4.03. The number of hydrogen-bond acceptors (Lipinski definition) is 3. The van der Waals surface area contributed by atoms with Gasteiger partial charge in [-0.05, 0) is 18.8 Å². The SMILES string of the molecule is CC(C)CCCCCCNC(N)=NCCCN1CCOCC1. The van der Waals surface area contributed by atoms with E-state index in [0.29, 0.717) is 5.96 Å². The Balaban J connectivity index is 1.90. The third kappa shape index (κ3) is 10.9. The van der Waals surface area contributed by atoms with Crippen LogP contribution in [0.25, 0.3) is 0 Å². The van der Waals surface area contributed by atoms with Crippen molar-refractivity contribution >= 4 is 5.96 Å². The zero-order chi connectivity index (χ0) is 16.0. The lowest BCUT2D eigenvalue weighted by Gasteiger charge is -2.26. The molecule has 0 aromatic carbocycles. The van der Waals surface area contributed by atoms with Crippen LogP contribution >= 0.6 is 0 Å². The van der Waals surface area contributed by atoms with Crippen molar-refractivity contribution in [2.45, 2.75) is 52.4 Å². The molecule has 0 radical (unpaired) electrons. The molecule has 5 heteroatoms. The van der Waals surface area contributed by atoms with Gasteiger partial charge >= 0.3 is 0 Å². The van der Waals surface area contributed by atoms with Gasteiger partial charge in [-0.3, -0.25) is 9.89 Å². The Bertz CT molecular complexity index is 288. The van der Waals surface area contributed by atoms with Crippen molar-refractivity contribution in [3.63, 3.8) is 0 Å². The third-order valence-electron chi connectivity index (χ3n) is 4.03. The van der Waals surface area contributed by atoms with E-state index in [1.807, 2.05) is 0 Å². The Hall–Kier alpha value is -0.810. The van der Waals surface area contributed by atoms with Gasteiger partial charge in [0.1, 0.15) is 0 Å². The van der Waals surface area contributed by atoms with E-state index >= 15 is 0 Å². The molecule has 1 aliphatic heterocycles. The van der Waals surface area contributed by atoms with Gasteiger partial charge in [-0.2, -0.15) is 0 Å². The molecule has 1 heterocycles. The van der Waals surface area contributed by atoms with Crippen LogP contribution in [0, 0.1) is 5.92 Å². The number of rotatable bonds is 11. The second-order valence-electron chi connectivity index (χ2n) is 6.60. The van der Waals surface area contributed by atoms with Crippen LogP contribution < -0.4 is 11.1 Å². The normalized spacial score (nSPS) is 17.1. The summed E-state index contributed by atoms with van der Waals surface area (Å²) in [6, 6.07) is 0. The Morgan fingerprint density at radius 1 is 1.14 bits per heavy atom. The van der Waals surface area contributed by atoms with E-state index in [1.54, 1.807) is 0 Å². The van der Waals surface area contributed by atoms with Gasteiger partial charge in [0.25, 0.3) is 0 Å². The first kappa shape index (κ1) is 19.2. The number of guanidine groups is 1. The molecule has 0 amide bonds. The van der Waals surface area contributed by atoms with Crippen LogP contribution in [0.15, 0.2) is 4.99 Å². The highest BCUT2D eigenvalue weighted by molar-refractivity contribution is 5.77. The minimum atomic E-state index is 0.601. The quantitative estimate of drug-likeness (QED) is 0.349. The van der Waals surface area contributed by atoms with Crippen molar-refractivity contribution in [1.29, 1.82) is 0 Å². The topological polar surface area (TPSA) is 62.9 Å². The lowest BCUT2D eigenvalue weighted by atomic mass is 10.0. The number of ether oxygens (including phenoxy) is 1. The molecule has 0 spiro atoms. The van der Waals surface area contributed by atoms with Crippen LogP contribution in [0.1, 0.15) is 52.4 Å². The summed E-state index contributed by atoms with van der Waals surface area (Å²) in [4.78, 5) is 6.82. The fraction of sp³-hybridized carbons (Fsp3) is 0.941. The Morgan fingerprint density at radius 3 is 2.59 bits per heavy atom. The van der Waals surface area contributed by atoms with Crippen molar-refractivity contribution in [1.82, 2.24) is 10.2 Å². The van der Waals surface area contributed by atoms with Crippen molar-refractivity contribution < 1.29 is 4.74 Å². The highest BCUT2D eigenvalue weighted by Gasteiger charge is 2.08. The molecule has 0 aliphatic carbocycles. The second kappa shape index (κ2) is 12.7. The van der Waals surface area contributed by atoms with E-state index in [9.17, 15) is 0 Å². The predicted molar refractivity (Wildman–Crippen MR) is 94.3 cm³/mol. The molecule has 1 fully saturated rings. The maximum Gasteiger partial charge on any atom is 0.188 e. The number of hydrogen-bond donors (Lipinski definition) is 2. The molecule has 1 rings (SSSR count). The van der Waals surface area contributed by atoms with Gasteiger partial charge in [0.15, 0.2) is 5.96 Å². The monoisotopic (exact) mass is 312 g/mol. The molecule has 0 aromatic rings. The molecular formula is C17H36N4O. The molecule has 3 N–H and O–H groups in total. The average molecular weight is 313 g/mol. The molecule has 0 atom stereocenters. The fourth-order valence-electron chi connectivity index (χ4n) is 2.62. The summed E-state index contributed by atoms with van der Waals surface area (Å²) in [5.74, 6) is 1.43. The van der Waals surface area contributed by atoms with Gasteiger partial charge < -0.3 is 15.8 Å². The van der Waals surface area contributed by atoms with E-state index in [2.05, 4.69) is 29.1 Å². The Kier molecular flexibility index (Phi) is 11.1. The molecule has 1 saturated heterocycles. The first-order valence-corrected chi connectivity index (χ1v) is 9.02. The minimum Gasteiger partial charge on any atom is -0.379 e. The van der Waals surface area contributed by atoms with Crippen LogP contribution in [0.2, 0.25) is 0 Å². The highest BCUT2D eigenvalue weighted by atomic mass is 16.5. The van der Waals surface area contributed by atoms with Crippen LogP contribution in [0.3, 0.4) is 0 Å². The van der Waals surface area contributed by atoms with Gasteiger partial charge in [-0.1, -0.05) is 39.5 Å². The van der Waals surface area contributed by atoms with Crippen LogP contribution in [-0.4, -0.2) is 56.8 Å². The lowest BCUT2D eigenvalue weighted by Crippen LogP contribution is -2.37. The van der Waals surface area contributed by atoms with E-state index in [4.69, 9.17) is 10.5 Å². The van der Waals surface area contributed by atoms with E-state index in [0.717, 1.165) is 58.3 Å². The van der Waals surface area contributed by atoms with Crippen molar-refractivity contribution in [2.75, 3.05) is 45.9 Å². The number of aliphatic imine (C=N–C) groups is 1. The lowest BCUT2D eigenvalue weighted by molar-refractivity contribution is 0.0377. The Labute approximate surface area is 136 Å². The molecular weight excluding hydrogens is 276 g/mol. The maximum absolute atomic E-state index is 5.88. The minimum absolute atomic E-state index is 0.601. The summed E-state index contributed by atoms with van der Waals surface area (Å²) in [6.07, 6.45) is 7.56. The number of morpholine rings is 1. The van der Waals surface area contributed by atoms with Gasteiger partial charge in [-0.15, -0.1) is 0 Å². The molecule has 0 bridgehead atoms. The second-order valence-corrected chi connectivity index (χ2v) is 6.60. The standard InChI is InChI=1S/C17H36N4O/c1-16(2)8-5-3-4-6-9-19-17(18)20-10-7-11-21-12-14-22-15-13-21/h16H,3-15H2,1-2H3,(H3,18,19,20). The molecule has 0 aromatic heterocycles. The number of unbranched alkanes of at least 4 members (excludes halogenated alkanes) is 3. The van der Waals surface area contributed by atoms with E-state index in [-0.39, 0.29) is 0 Å². The average Bonchev–Trinajstić information content (AvgIpc) is 2.51. The molecule has 1 aliphatic rings. The zero-order valence-corrected chi connectivity index (χ0v) is 14.6. The first-order valence-electron chi connectivity index (χ1n) is 9.02. The van der Waals surface area contributed by atoms with Crippen LogP contribution in [-0.2, 0) is 4.74 Å². The van der Waals surface area contributed by atoms with Crippen LogP contribution in [0.5, 0.6) is 0 Å². The molecule has 5 nitrogen and oxygen atoms in total. The van der Waals surface area contributed by atoms with Gasteiger partial charge in [0, 0.05) is 32.7 Å². The van der Waals surface area contributed by atoms with E-state index < -0.39 is 0 Å². The molecule has 0 unspecified atom stereocenters. The smallest absolute Gasteiger partial charge is 0.188 e.